The number of carboxylic acids is 1. The van der Waals surface area contributed by atoms with Gasteiger partial charge in [0.15, 0.2) is 23.0 Å². The molecule has 0 saturated carbocycles. The monoisotopic (exact) mass is 490 g/mol. The second kappa shape index (κ2) is 10.7. The van der Waals surface area contributed by atoms with Crippen LogP contribution in [0.3, 0.4) is 0 Å². The predicted molar refractivity (Wildman–Crippen MR) is 126 cm³/mol. The summed E-state index contributed by atoms with van der Waals surface area (Å²) in [5.41, 5.74) is 1.67. The number of carboxylic acid groups (broad SMARTS) is 1. The lowest BCUT2D eigenvalue weighted by molar-refractivity contribution is -0.137. The smallest absolute Gasteiger partial charge is 0.323 e. The highest BCUT2D eigenvalue weighted by atomic mass is 32.2. The van der Waals surface area contributed by atoms with Crippen LogP contribution in [-0.4, -0.2) is 61.4 Å². The van der Waals surface area contributed by atoms with Gasteiger partial charge in [0.05, 0.1) is 4.90 Å². The third-order valence-electron chi connectivity index (χ3n) is 5.61. The molecule has 3 rings (SSSR count). The van der Waals surface area contributed by atoms with E-state index in [1.807, 2.05) is 0 Å². The van der Waals surface area contributed by atoms with E-state index < -0.39 is 28.5 Å². The molecule has 1 aliphatic rings. The Morgan fingerprint density at radius 3 is 2.44 bits per heavy atom. The normalized spacial score (nSPS) is 16.9. The zero-order chi connectivity index (χ0) is 25.0. The molecule has 0 bridgehead atoms. The van der Waals surface area contributed by atoms with Crippen molar-refractivity contribution in [2.75, 3.05) is 20.6 Å². The van der Waals surface area contributed by atoms with Crippen molar-refractivity contribution in [3.8, 4) is 23.0 Å². The average Bonchev–Trinajstić information content (AvgIpc) is 2.79. The number of aliphatic carboxylic acids is 1. The van der Waals surface area contributed by atoms with Gasteiger partial charge in [0.25, 0.3) is 0 Å². The molecule has 0 spiro atoms. The number of halogens is 1. The molecule has 0 saturated heterocycles. The van der Waals surface area contributed by atoms with E-state index in [2.05, 4.69) is 6.58 Å². The van der Waals surface area contributed by atoms with Gasteiger partial charge in [-0.05, 0) is 49.1 Å². The number of hydrogen-bond acceptors (Lipinski definition) is 6. The lowest BCUT2D eigenvalue weighted by Crippen LogP contribution is -2.39. The predicted octanol–water partition coefficient (Wildman–Crippen LogP) is 3.99. The van der Waals surface area contributed by atoms with Gasteiger partial charge in [-0.1, -0.05) is 12.7 Å². The molecule has 0 aliphatic heterocycles. The van der Waals surface area contributed by atoms with E-state index in [0.717, 1.165) is 29.8 Å². The summed E-state index contributed by atoms with van der Waals surface area (Å²) < 4.78 is 33.6. The molecular weight excluding hydrogens is 463 g/mol. The average molecular weight is 491 g/mol. The van der Waals surface area contributed by atoms with E-state index >= 15 is 0 Å². The van der Waals surface area contributed by atoms with E-state index in [4.69, 9.17) is 9.84 Å². The maximum atomic E-state index is 13.3. The van der Waals surface area contributed by atoms with Crippen molar-refractivity contribution in [3.63, 3.8) is 0 Å². The molecule has 2 aromatic rings. The number of carbonyl (C=O) groups is 1. The van der Waals surface area contributed by atoms with Crippen LogP contribution in [0.2, 0.25) is 0 Å². The molecule has 1 aliphatic carbocycles. The highest BCUT2D eigenvalue weighted by molar-refractivity contribution is 7.82. The molecule has 3 N–H and O–H groups in total. The van der Waals surface area contributed by atoms with Crippen molar-refractivity contribution in [2.24, 2.45) is 0 Å². The van der Waals surface area contributed by atoms with Crippen LogP contribution in [0.15, 0.2) is 65.2 Å². The second-order valence-corrected chi connectivity index (χ2v) is 9.45. The molecular formula is C24H27FN2O6S. The number of phenols is 2. The quantitative estimate of drug-likeness (QED) is 0.487. The zero-order valence-corrected chi connectivity index (χ0v) is 19.7. The van der Waals surface area contributed by atoms with Crippen molar-refractivity contribution in [1.29, 1.82) is 0 Å². The summed E-state index contributed by atoms with van der Waals surface area (Å²) in [6.45, 7) is 3.73. The lowest BCUT2D eigenvalue weighted by Gasteiger charge is -2.36. The number of aromatic hydroxyl groups is 2. The standard InChI is InChI=1S/C24H27FN2O6S/c1-4-17-18(26(2)14-24(30)31)6-5-7-19(17)27(3)34(32)16-9-11-23(21(29)13-16)33-22-10-8-15(25)12-20(22)28/h4,8-13,19,28-29H,1,5-7,14H2,2-3H3,(H,30,31)/t19-,34?/m1/s1. The van der Waals surface area contributed by atoms with Crippen molar-refractivity contribution >= 4 is 17.0 Å². The van der Waals surface area contributed by atoms with E-state index in [1.54, 1.807) is 29.4 Å². The first-order valence-corrected chi connectivity index (χ1v) is 11.7. The highest BCUT2D eigenvalue weighted by Crippen LogP contribution is 2.37. The van der Waals surface area contributed by atoms with Gasteiger partial charge in [0, 0.05) is 38.0 Å². The fraction of sp³-hybridized carbons (Fsp3) is 0.292. The minimum absolute atomic E-state index is 0.00670. The molecule has 0 amide bonds. The summed E-state index contributed by atoms with van der Waals surface area (Å²) in [6, 6.07) is 7.22. The molecule has 182 valence electrons. The Bertz CT molecular complexity index is 1150. The molecule has 2 aromatic carbocycles. The van der Waals surface area contributed by atoms with Gasteiger partial charge in [-0.15, -0.1) is 0 Å². The fourth-order valence-electron chi connectivity index (χ4n) is 3.97. The van der Waals surface area contributed by atoms with Gasteiger partial charge in [0.2, 0.25) is 0 Å². The highest BCUT2D eigenvalue weighted by Gasteiger charge is 2.30. The van der Waals surface area contributed by atoms with Crippen molar-refractivity contribution in [2.45, 2.75) is 30.2 Å². The van der Waals surface area contributed by atoms with Crippen LogP contribution < -0.4 is 4.74 Å². The van der Waals surface area contributed by atoms with E-state index in [0.29, 0.717) is 17.7 Å². The Hall–Kier alpha value is -3.37. The topological polar surface area (TPSA) is 111 Å². The van der Waals surface area contributed by atoms with Crippen molar-refractivity contribution in [1.82, 2.24) is 9.21 Å². The Balaban J connectivity index is 1.82. The second-order valence-electron chi connectivity index (χ2n) is 7.90. The third kappa shape index (κ3) is 5.57. The maximum absolute atomic E-state index is 13.3. The van der Waals surface area contributed by atoms with Crippen LogP contribution in [0, 0.1) is 5.82 Å². The van der Waals surface area contributed by atoms with Crippen LogP contribution in [0.5, 0.6) is 23.0 Å². The van der Waals surface area contributed by atoms with E-state index in [-0.39, 0.29) is 29.8 Å². The van der Waals surface area contributed by atoms with Gasteiger partial charge in [-0.3, -0.25) is 4.79 Å². The molecule has 0 aromatic heterocycles. The zero-order valence-electron chi connectivity index (χ0n) is 18.9. The molecule has 8 nitrogen and oxygen atoms in total. The summed E-state index contributed by atoms with van der Waals surface area (Å²) in [6.07, 6.45) is 3.88. The minimum Gasteiger partial charge on any atom is -0.504 e. The first-order chi connectivity index (χ1) is 16.1. The van der Waals surface area contributed by atoms with Crippen LogP contribution in [-0.2, 0) is 15.8 Å². The number of allylic oxidation sites excluding steroid dienone is 1. The Morgan fingerprint density at radius 1 is 1.21 bits per heavy atom. The van der Waals surface area contributed by atoms with E-state index in [9.17, 15) is 23.6 Å². The van der Waals surface area contributed by atoms with Gasteiger partial charge in [-0.25, -0.2) is 12.9 Å². The fourth-order valence-corrected chi connectivity index (χ4v) is 5.14. The van der Waals surface area contributed by atoms with Crippen molar-refractivity contribution in [3.05, 3.63) is 66.1 Å². The number of nitrogens with zero attached hydrogens (tertiary/aromatic N) is 2. The summed E-state index contributed by atoms with van der Waals surface area (Å²) in [4.78, 5) is 13.1. The molecule has 0 radical (unpaired) electrons. The minimum atomic E-state index is -1.66. The molecule has 34 heavy (non-hydrogen) atoms. The van der Waals surface area contributed by atoms with Gasteiger partial charge < -0.3 is 25.0 Å². The summed E-state index contributed by atoms with van der Waals surface area (Å²) in [7, 11) is 1.75. The number of ether oxygens (including phenoxy) is 1. The number of likely N-dealkylation sites (N-methyl/N-ethyl adjacent to an activating group) is 2. The summed E-state index contributed by atoms with van der Waals surface area (Å²) in [5.74, 6) is -2.32. The van der Waals surface area contributed by atoms with Crippen LogP contribution in [0.25, 0.3) is 0 Å². The molecule has 10 heteroatoms. The largest absolute Gasteiger partial charge is 0.504 e. The SMILES string of the molecule is C=CC1=C(N(C)CC(=O)O)CCC[C@H]1N(C)S(=O)c1ccc(Oc2ccc(F)cc2O)c(O)c1. The van der Waals surface area contributed by atoms with Crippen LogP contribution in [0.4, 0.5) is 4.39 Å². The van der Waals surface area contributed by atoms with Crippen LogP contribution >= 0.6 is 0 Å². The number of rotatable bonds is 9. The first-order valence-electron chi connectivity index (χ1n) is 10.5. The number of phenolic OH excluding ortho intramolecular Hbond substituents is 2. The van der Waals surface area contributed by atoms with Gasteiger partial charge in [-0.2, -0.15) is 0 Å². The summed E-state index contributed by atoms with van der Waals surface area (Å²) in [5, 5.41) is 29.4. The first kappa shape index (κ1) is 25.3. The number of hydrogen-bond donors (Lipinski definition) is 3. The Morgan fingerprint density at radius 2 is 1.85 bits per heavy atom. The van der Waals surface area contributed by atoms with Gasteiger partial charge in [0.1, 0.15) is 23.3 Å². The molecule has 0 heterocycles. The summed E-state index contributed by atoms with van der Waals surface area (Å²) >= 11 is 0. The maximum Gasteiger partial charge on any atom is 0.323 e. The van der Waals surface area contributed by atoms with Crippen LogP contribution in [0.1, 0.15) is 19.3 Å². The van der Waals surface area contributed by atoms with Gasteiger partial charge >= 0.3 is 5.97 Å². The van der Waals surface area contributed by atoms with Crippen molar-refractivity contribution < 1.29 is 33.5 Å². The molecule has 0 fully saturated rings. The molecule has 2 atom stereocenters. The molecule has 1 unspecified atom stereocenters. The van der Waals surface area contributed by atoms with E-state index in [1.165, 1.54) is 24.3 Å². The third-order valence-corrected chi connectivity index (χ3v) is 7.04. The number of benzene rings is 2. The lowest BCUT2D eigenvalue weighted by atomic mass is 9.90. The Kier molecular flexibility index (Phi) is 7.95. The Labute approximate surface area is 199 Å².